The monoisotopic (exact) mass is 473 g/mol. The second-order valence-corrected chi connectivity index (χ2v) is 8.68. The van der Waals surface area contributed by atoms with E-state index < -0.39 is 11.8 Å². The highest BCUT2D eigenvalue weighted by molar-refractivity contribution is 6.48. The molecule has 7 heteroatoms. The highest BCUT2D eigenvalue weighted by Crippen LogP contribution is 2.29. The van der Waals surface area contributed by atoms with Gasteiger partial charge in [-0.1, -0.05) is 65.7 Å². The molecule has 1 aliphatic rings. The summed E-state index contributed by atoms with van der Waals surface area (Å²) in [5.41, 5.74) is 5.33. The van der Waals surface area contributed by atoms with Crippen molar-refractivity contribution in [2.45, 2.75) is 27.3 Å². The average molecular weight is 474 g/mol. The Morgan fingerprint density at radius 3 is 2.29 bits per heavy atom. The van der Waals surface area contributed by atoms with Crippen molar-refractivity contribution in [1.82, 2.24) is 4.90 Å². The van der Waals surface area contributed by atoms with Gasteiger partial charge in [-0.3, -0.25) is 19.3 Å². The summed E-state index contributed by atoms with van der Waals surface area (Å²) in [7, 11) is 0. The molecule has 0 aromatic heterocycles. The molecule has 0 fully saturated rings. The van der Waals surface area contributed by atoms with E-state index >= 15 is 0 Å². The molecule has 0 spiro atoms. The van der Waals surface area contributed by atoms with Crippen LogP contribution in [0.5, 0.6) is 0 Å². The molecule has 1 heterocycles. The number of rotatable bonds is 6. The summed E-state index contributed by atoms with van der Waals surface area (Å²) >= 11 is 6.25. The normalized spacial score (nSPS) is 13.5. The molecule has 0 unspecified atom stereocenters. The van der Waals surface area contributed by atoms with Crippen LogP contribution in [0.4, 0.5) is 11.4 Å². The minimum atomic E-state index is -0.556. The van der Waals surface area contributed by atoms with Gasteiger partial charge in [0.15, 0.2) is 0 Å². The molecule has 34 heavy (non-hydrogen) atoms. The highest BCUT2D eigenvalue weighted by Gasteiger charge is 2.38. The molecule has 1 aliphatic heterocycles. The zero-order chi connectivity index (χ0) is 24.4. The first-order valence-electron chi connectivity index (χ1n) is 10.8. The Kier molecular flexibility index (Phi) is 6.52. The van der Waals surface area contributed by atoms with Crippen LogP contribution in [0.15, 0.2) is 77.5 Å². The Morgan fingerprint density at radius 2 is 1.59 bits per heavy atom. The lowest BCUT2D eigenvalue weighted by atomic mass is 10.1. The van der Waals surface area contributed by atoms with Gasteiger partial charge in [-0.15, -0.1) is 0 Å². The highest BCUT2D eigenvalue weighted by atomic mass is 35.5. The molecule has 0 saturated heterocycles. The summed E-state index contributed by atoms with van der Waals surface area (Å²) in [6, 6.07) is 20.1. The fourth-order valence-corrected chi connectivity index (χ4v) is 3.98. The Hall–Kier alpha value is -3.90. The van der Waals surface area contributed by atoms with Crippen molar-refractivity contribution in [1.29, 1.82) is 0 Å². The Labute approximate surface area is 203 Å². The first-order valence-corrected chi connectivity index (χ1v) is 11.2. The molecule has 172 valence electrons. The predicted octanol–water partition coefficient (Wildman–Crippen LogP) is 5.30. The number of hydrogen-bond donors (Lipinski definition) is 2. The number of benzene rings is 3. The molecule has 0 atom stereocenters. The Balaban J connectivity index is 1.54. The van der Waals surface area contributed by atoms with E-state index in [-0.39, 0.29) is 23.2 Å². The van der Waals surface area contributed by atoms with E-state index in [1.165, 1.54) is 0 Å². The van der Waals surface area contributed by atoms with Gasteiger partial charge in [0.2, 0.25) is 0 Å². The largest absolute Gasteiger partial charge is 0.349 e. The third-order valence-electron chi connectivity index (χ3n) is 5.68. The minimum absolute atomic E-state index is 0.00219. The topological polar surface area (TPSA) is 78.5 Å². The third kappa shape index (κ3) is 4.72. The number of carbonyl (C=O) groups excluding carboxylic acids is 3. The van der Waals surface area contributed by atoms with E-state index in [9.17, 15) is 14.4 Å². The molecular weight excluding hydrogens is 450 g/mol. The summed E-state index contributed by atoms with van der Waals surface area (Å²) in [5, 5.41) is 5.73. The number of nitrogens with zero attached hydrogens (tertiary/aromatic N) is 1. The van der Waals surface area contributed by atoms with Crippen molar-refractivity contribution in [2.75, 3.05) is 10.6 Å². The quantitative estimate of drug-likeness (QED) is 0.476. The van der Waals surface area contributed by atoms with Gasteiger partial charge in [-0.25, -0.2) is 0 Å². The number of halogens is 1. The summed E-state index contributed by atoms with van der Waals surface area (Å²) in [5.74, 6) is -1.35. The van der Waals surface area contributed by atoms with E-state index in [0.29, 0.717) is 11.3 Å². The van der Waals surface area contributed by atoms with Crippen molar-refractivity contribution in [2.24, 2.45) is 0 Å². The van der Waals surface area contributed by atoms with Gasteiger partial charge in [0.05, 0.1) is 6.54 Å². The van der Waals surface area contributed by atoms with Gasteiger partial charge < -0.3 is 10.6 Å². The van der Waals surface area contributed by atoms with Crippen molar-refractivity contribution < 1.29 is 14.4 Å². The van der Waals surface area contributed by atoms with Crippen LogP contribution in [-0.2, 0) is 16.1 Å². The van der Waals surface area contributed by atoms with Gasteiger partial charge in [0.1, 0.15) is 10.7 Å². The Bertz CT molecular complexity index is 1330. The second kappa shape index (κ2) is 9.53. The summed E-state index contributed by atoms with van der Waals surface area (Å²) in [6.07, 6.45) is 0. The first-order chi connectivity index (χ1) is 16.2. The number of nitrogens with one attached hydrogen (secondary N) is 2. The molecule has 3 amide bonds. The lowest BCUT2D eigenvalue weighted by Crippen LogP contribution is -2.31. The molecule has 6 nitrogen and oxygen atoms in total. The van der Waals surface area contributed by atoms with Gasteiger partial charge >= 0.3 is 0 Å². The van der Waals surface area contributed by atoms with Crippen molar-refractivity contribution in [3.05, 3.63) is 105 Å². The molecule has 0 saturated carbocycles. The van der Waals surface area contributed by atoms with Gasteiger partial charge in [0, 0.05) is 16.9 Å². The van der Waals surface area contributed by atoms with Gasteiger partial charge in [-0.05, 0) is 55.7 Å². The van der Waals surface area contributed by atoms with Crippen LogP contribution in [0.3, 0.4) is 0 Å². The molecule has 0 aliphatic carbocycles. The van der Waals surface area contributed by atoms with Crippen LogP contribution >= 0.6 is 11.6 Å². The maximum Gasteiger partial charge on any atom is 0.279 e. The van der Waals surface area contributed by atoms with E-state index in [4.69, 9.17) is 11.6 Å². The van der Waals surface area contributed by atoms with Crippen LogP contribution in [0.25, 0.3) is 0 Å². The average Bonchev–Trinajstić information content (AvgIpc) is 3.01. The van der Waals surface area contributed by atoms with Gasteiger partial charge in [0.25, 0.3) is 17.7 Å². The summed E-state index contributed by atoms with van der Waals surface area (Å²) < 4.78 is 0. The molecule has 3 aromatic carbocycles. The fraction of sp³-hybridized carbons (Fsp3) is 0.148. The SMILES string of the molecule is Cc1ccc(NC(=O)c2ccc(C)c(NC3=C(Cl)C(=O)N(Cc4ccccc4)C3=O)c2)c(C)c1. The maximum atomic E-state index is 13.0. The number of imide groups is 1. The number of anilines is 2. The lowest BCUT2D eigenvalue weighted by molar-refractivity contribution is -0.138. The summed E-state index contributed by atoms with van der Waals surface area (Å²) in [4.78, 5) is 39.6. The standard InChI is InChI=1S/C27H24ClN3O3/c1-16-9-12-21(18(3)13-16)30-25(32)20-11-10-17(2)22(14-20)29-24-23(28)26(33)31(27(24)34)15-19-7-5-4-6-8-19/h4-14,29H,15H2,1-3H3,(H,30,32). The van der Waals surface area contributed by atoms with Crippen LogP contribution in [0.2, 0.25) is 0 Å². The molecular formula is C27H24ClN3O3. The molecule has 2 N–H and O–H groups in total. The molecule has 0 radical (unpaired) electrons. The number of amides is 3. The van der Waals surface area contributed by atoms with Crippen molar-refractivity contribution in [3.8, 4) is 0 Å². The van der Waals surface area contributed by atoms with Crippen LogP contribution in [0, 0.1) is 20.8 Å². The first kappa shape index (κ1) is 23.3. The molecule has 3 aromatic rings. The molecule has 4 rings (SSSR count). The van der Waals surface area contributed by atoms with E-state index in [1.807, 2.05) is 69.3 Å². The third-order valence-corrected chi connectivity index (χ3v) is 6.04. The van der Waals surface area contributed by atoms with Crippen molar-refractivity contribution >= 4 is 40.7 Å². The van der Waals surface area contributed by atoms with Crippen LogP contribution in [-0.4, -0.2) is 22.6 Å². The van der Waals surface area contributed by atoms with Crippen LogP contribution in [0.1, 0.15) is 32.6 Å². The zero-order valence-electron chi connectivity index (χ0n) is 19.1. The van der Waals surface area contributed by atoms with Gasteiger partial charge in [-0.2, -0.15) is 0 Å². The molecule has 0 bridgehead atoms. The van der Waals surface area contributed by atoms with Crippen molar-refractivity contribution in [3.63, 3.8) is 0 Å². The smallest absolute Gasteiger partial charge is 0.279 e. The zero-order valence-corrected chi connectivity index (χ0v) is 19.9. The number of hydrogen-bond acceptors (Lipinski definition) is 4. The Morgan fingerprint density at radius 1 is 0.853 bits per heavy atom. The number of carbonyl (C=O) groups is 3. The number of aryl methyl sites for hydroxylation is 3. The fourth-order valence-electron chi connectivity index (χ4n) is 3.75. The maximum absolute atomic E-state index is 13.0. The second-order valence-electron chi connectivity index (χ2n) is 8.30. The van der Waals surface area contributed by atoms with E-state index in [0.717, 1.165) is 32.8 Å². The summed E-state index contributed by atoms with van der Waals surface area (Å²) in [6.45, 7) is 5.89. The predicted molar refractivity (Wildman–Crippen MR) is 134 cm³/mol. The minimum Gasteiger partial charge on any atom is -0.349 e. The van der Waals surface area contributed by atoms with Crippen LogP contribution < -0.4 is 10.6 Å². The van der Waals surface area contributed by atoms with E-state index in [2.05, 4.69) is 10.6 Å². The van der Waals surface area contributed by atoms with E-state index in [1.54, 1.807) is 18.2 Å². The lowest BCUT2D eigenvalue weighted by Gasteiger charge is -2.16.